The number of aliphatic hydroxyl groups is 1. The van der Waals surface area contributed by atoms with Crippen molar-refractivity contribution in [1.29, 1.82) is 0 Å². The van der Waals surface area contributed by atoms with Crippen molar-refractivity contribution < 1.29 is 23.4 Å². The molecule has 0 radical (unpaired) electrons. The summed E-state index contributed by atoms with van der Waals surface area (Å²) in [5, 5.41) is 18.0. The van der Waals surface area contributed by atoms with Crippen LogP contribution in [0.25, 0.3) is 0 Å². The van der Waals surface area contributed by atoms with E-state index in [1.807, 2.05) is 0 Å². The summed E-state index contributed by atoms with van der Waals surface area (Å²) < 4.78 is 28.0. The molecule has 112 valence electrons. The fraction of sp³-hybridized carbons (Fsp3) is 0.154. The predicted molar refractivity (Wildman–Crippen MR) is 75.5 cm³/mol. The molecule has 0 aliphatic heterocycles. The quantitative estimate of drug-likeness (QED) is 0.764. The zero-order valence-electron chi connectivity index (χ0n) is 11.1. The number of rotatable bonds is 5. The van der Waals surface area contributed by atoms with E-state index in [0.29, 0.717) is 11.3 Å². The van der Waals surface area contributed by atoms with Crippen molar-refractivity contribution >= 4 is 21.7 Å². The average Bonchev–Trinajstić information content (AvgIpc) is 2.81. The zero-order chi connectivity index (χ0) is 15.6. The van der Waals surface area contributed by atoms with Crippen LogP contribution in [0.15, 0.2) is 41.4 Å². The first-order valence-corrected chi connectivity index (χ1v) is 7.44. The van der Waals surface area contributed by atoms with Gasteiger partial charge in [-0.3, -0.25) is 4.72 Å². The number of aliphatic hydroxyl groups excluding tert-OH is 1. The van der Waals surface area contributed by atoms with Crippen LogP contribution in [0.1, 0.15) is 16.1 Å². The monoisotopic (exact) mass is 310 g/mol. The van der Waals surface area contributed by atoms with E-state index in [1.165, 1.54) is 29.9 Å². The molecule has 0 fully saturated rings. The van der Waals surface area contributed by atoms with Crippen molar-refractivity contribution in [3.8, 4) is 0 Å². The Bertz CT molecular complexity index is 780. The van der Waals surface area contributed by atoms with Crippen LogP contribution < -0.4 is 4.72 Å². The molecule has 2 aromatic rings. The maximum atomic E-state index is 12.2. The summed E-state index contributed by atoms with van der Waals surface area (Å²) in [5.74, 6) is -1.21. The first-order chi connectivity index (χ1) is 9.83. The Balaban J connectivity index is 2.34. The standard InChI is InChI=1S/C13H14N2O5S/c1-15-7-11(6-12(15)13(17)18)21(19,20)14-10-4-2-3-9(5-10)8-16/h2-7,14,16H,8H2,1H3,(H,17,18). The molecule has 0 aliphatic carbocycles. The molecular weight excluding hydrogens is 296 g/mol. The number of aryl methyl sites for hydroxylation is 1. The van der Waals surface area contributed by atoms with Crippen molar-refractivity contribution in [3.63, 3.8) is 0 Å². The Morgan fingerprint density at radius 3 is 2.62 bits per heavy atom. The third-order valence-corrected chi connectivity index (χ3v) is 4.22. The highest BCUT2D eigenvalue weighted by Gasteiger charge is 2.20. The summed E-state index contributed by atoms with van der Waals surface area (Å²) in [6, 6.07) is 7.39. The van der Waals surface area contributed by atoms with E-state index in [-0.39, 0.29) is 17.2 Å². The Labute approximate surface area is 121 Å². The predicted octanol–water partition coefficient (Wildman–Crippen LogP) is 1.02. The lowest BCUT2D eigenvalue weighted by Crippen LogP contribution is -2.12. The molecule has 0 spiro atoms. The van der Waals surface area contributed by atoms with E-state index >= 15 is 0 Å². The first-order valence-electron chi connectivity index (χ1n) is 5.96. The van der Waals surface area contributed by atoms with Gasteiger partial charge in [-0.15, -0.1) is 0 Å². The van der Waals surface area contributed by atoms with Crippen molar-refractivity contribution in [3.05, 3.63) is 47.8 Å². The molecule has 3 N–H and O–H groups in total. The highest BCUT2D eigenvalue weighted by molar-refractivity contribution is 7.92. The molecule has 0 unspecified atom stereocenters. The lowest BCUT2D eigenvalue weighted by Gasteiger charge is -2.07. The second-order valence-electron chi connectivity index (χ2n) is 4.44. The fourth-order valence-corrected chi connectivity index (χ4v) is 2.96. The van der Waals surface area contributed by atoms with E-state index in [9.17, 15) is 13.2 Å². The van der Waals surface area contributed by atoms with E-state index in [2.05, 4.69) is 4.72 Å². The molecule has 0 bridgehead atoms. The van der Waals surface area contributed by atoms with Gasteiger partial charge in [0.25, 0.3) is 10.0 Å². The smallest absolute Gasteiger partial charge is 0.352 e. The minimum atomic E-state index is -3.89. The number of aromatic carboxylic acids is 1. The Morgan fingerprint density at radius 1 is 1.33 bits per heavy atom. The number of aromatic nitrogens is 1. The molecule has 21 heavy (non-hydrogen) atoms. The van der Waals surface area contributed by atoms with Gasteiger partial charge in [0.2, 0.25) is 0 Å². The maximum absolute atomic E-state index is 12.2. The summed E-state index contributed by atoms with van der Waals surface area (Å²) in [6.07, 6.45) is 1.22. The van der Waals surface area contributed by atoms with Gasteiger partial charge in [-0.2, -0.15) is 0 Å². The summed E-state index contributed by atoms with van der Waals surface area (Å²) in [4.78, 5) is 10.8. The van der Waals surface area contributed by atoms with Crippen molar-refractivity contribution in [2.45, 2.75) is 11.5 Å². The Kier molecular flexibility index (Phi) is 4.01. The van der Waals surface area contributed by atoms with E-state index in [1.54, 1.807) is 12.1 Å². The summed E-state index contributed by atoms with van der Waals surface area (Å²) in [7, 11) is -2.44. The topological polar surface area (TPSA) is 109 Å². The second-order valence-corrected chi connectivity index (χ2v) is 6.12. The van der Waals surface area contributed by atoms with Gasteiger partial charge in [0, 0.05) is 18.9 Å². The van der Waals surface area contributed by atoms with Gasteiger partial charge in [-0.25, -0.2) is 13.2 Å². The number of benzene rings is 1. The van der Waals surface area contributed by atoms with Gasteiger partial charge in [-0.1, -0.05) is 12.1 Å². The highest BCUT2D eigenvalue weighted by Crippen LogP contribution is 2.19. The van der Waals surface area contributed by atoms with Gasteiger partial charge in [0.05, 0.1) is 6.61 Å². The van der Waals surface area contributed by atoms with E-state index in [4.69, 9.17) is 10.2 Å². The average molecular weight is 310 g/mol. The largest absolute Gasteiger partial charge is 0.477 e. The van der Waals surface area contributed by atoms with Crippen LogP contribution in [-0.2, 0) is 23.7 Å². The van der Waals surface area contributed by atoms with Crippen LogP contribution >= 0.6 is 0 Å². The van der Waals surface area contributed by atoms with Crippen LogP contribution in [0, 0.1) is 0 Å². The number of carboxylic acids is 1. The molecular formula is C13H14N2O5S. The molecule has 1 heterocycles. The number of anilines is 1. The molecule has 2 rings (SSSR count). The SMILES string of the molecule is Cn1cc(S(=O)(=O)Nc2cccc(CO)c2)cc1C(=O)O. The van der Waals surface area contributed by atoms with Crippen LogP contribution in [0.3, 0.4) is 0 Å². The van der Waals surface area contributed by atoms with Crippen LogP contribution in [-0.4, -0.2) is 29.2 Å². The van der Waals surface area contributed by atoms with Crippen molar-refractivity contribution in [2.24, 2.45) is 7.05 Å². The van der Waals surface area contributed by atoms with Gasteiger partial charge in [0.15, 0.2) is 0 Å². The molecule has 8 heteroatoms. The number of hydrogen-bond donors (Lipinski definition) is 3. The Hall–Kier alpha value is -2.32. The van der Waals surface area contributed by atoms with E-state index in [0.717, 1.165) is 6.07 Å². The summed E-state index contributed by atoms with van der Waals surface area (Å²) >= 11 is 0. The minimum absolute atomic E-state index is 0.125. The summed E-state index contributed by atoms with van der Waals surface area (Å²) in [6.45, 7) is -0.204. The molecule has 0 amide bonds. The van der Waals surface area contributed by atoms with E-state index < -0.39 is 16.0 Å². The van der Waals surface area contributed by atoms with Crippen LogP contribution in [0.2, 0.25) is 0 Å². The molecule has 1 aromatic heterocycles. The lowest BCUT2D eigenvalue weighted by molar-refractivity contribution is 0.0686. The molecule has 0 saturated carbocycles. The normalized spacial score (nSPS) is 11.3. The Morgan fingerprint density at radius 2 is 2.05 bits per heavy atom. The number of nitrogens with zero attached hydrogens (tertiary/aromatic N) is 1. The number of hydrogen-bond acceptors (Lipinski definition) is 4. The molecule has 7 nitrogen and oxygen atoms in total. The number of sulfonamides is 1. The lowest BCUT2D eigenvalue weighted by atomic mass is 10.2. The molecule has 0 saturated heterocycles. The van der Waals surface area contributed by atoms with Gasteiger partial charge in [0.1, 0.15) is 10.6 Å². The number of nitrogens with one attached hydrogen (secondary N) is 1. The van der Waals surface area contributed by atoms with Crippen molar-refractivity contribution in [2.75, 3.05) is 4.72 Å². The first kappa shape index (κ1) is 15.1. The van der Waals surface area contributed by atoms with Gasteiger partial charge < -0.3 is 14.8 Å². The van der Waals surface area contributed by atoms with Gasteiger partial charge in [-0.05, 0) is 23.8 Å². The zero-order valence-corrected chi connectivity index (χ0v) is 12.0. The number of carboxylic acid groups (broad SMARTS) is 1. The second kappa shape index (κ2) is 5.58. The third kappa shape index (κ3) is 3.23. The van der Waals surface area contributed by atoms with Crippen molar-refractivity contribution in [1.82, 2.24) is 4.57 Å². The third-order valence-electron chi connectivity index (χ3n) is 2.87. The highest BCUT2D eigenvalue weighted by atomic mass is 32.2. The van der Waals surface area contributed by atoms with Gasteiger partial charge >= 0.3 is 5.97 Å². The summed E-state index contributed by atoms with van der Waals surface area (Å²) in [5.41, 5.74) is 0.733. The molecule has 1 aromatic carbocycles. The van der Waals surface area contributed by atoms with Crippen LogP contribution in [0.4, 0.5) is 5.69 Å². The minimum Gasteiger partial charge on any atom is -0.477 e. The number of carbonyl (C=O) groups is 1. The maximum Gasteiger partial charge on any atom is 0.352 e. The fourth-order valence-electron chi connectivity index (χ4n) is 1.84. The molecule has 0 atom stereocenters. The molecule has 0 aliphatic rings. The van der Waals surface area contributed by atoms with Crippen LogP contribution in [0.5, 0.6) is 0 Å².